The highest BCUT2D eigenvalue weighted by Gasteiger charge is 2.43. The topological polar surface area (TPSA) is 85.8 Å². The Morgan fingerprint density at radius 3 is 2.38 bits per heavy atom. The van der Waals surface area contributed by atoms with Gasteiger partial charge in [0.05, 0.1) is 17.6 Å². The molecule has 0 atom stereocenters. The fraction of sp³-hybridized carbons (Fsp3) is 0.333. The number of aromatic nitrogens is 5. The van der Waals surface area contributed by atoms with Gasteiger partial charge >= 0.3 is 0 Å². The van der Waals surface area contributed by atoms with Crippen LogP contribution in [0.5, 0.6) is 0 Å². The number of benzene rings is 1. The third kappa shape index (κ3) is 3.91. The number of nitrogens with zero attached hydrogens (tertiary/aromatic N) is 6. The summed E-state index contributed by atoms with van der Waals surface area (Å²) in [6.07, 6.45) is 13.1. The normalized spacial score (nSPS) is 15.1. The number of nitrogens with two attached hydrogens (primary N) is 1. The number of hydrogen-bond donors (Lipinski definition) is 1. The van der Waals surface area contributed by atoms with E-state index in [2.05, 4.69) is 64.5 Å². The fourth-order valence-electron chi connectivity index (χ4n) is 4.17. The van der Waals surface area contributed by atoms with Gasteiger partial charge in [0.15, 0.2) is 0 Å². The molecule has 1 fully saturated rings. The fourth-order valence-corrected chi connectivity index (χ4v) is 5.33. The first kappa shape index (κ1) is 20.8. The van der Waals surface area contributed by atoms with Crippen molar-refractivity contribution in [1.82, 2.24) is 29.6 Å². The monoisotopic (exact) mass is 445 g/mol. The van der Waals surface area contributed by atoms with Crippen LogP contribution < -0.4 is 5.73 Å². The minimum Gasteiger partial charge on any atom is -0.368 e. The van der Waals surface area contributed by atoms with E-state index >= 15 is 0 Å². The van der Waals surface area contributed by atoms with Gasteiger partial charge in [0, 0.05) is 47.9 Å². The Balaban J connectivity index is 1.38. The summed E-state index contributed by atoms with van der Waals surface area (Å²) in [6.45, 7) is 1.85. The van der Waals surface area contributed by atoms with E-state index in [1.54, 1.807) is 23.7 Å². The van der Waals surface area contributed by atoms with E-state index in [4.69, 9.17) is 10.7 Å². The summed E-state index contributed by atoms with van der Waals surface area (Å²) in [5.41, 5.74) is 10.2. The lowest BCUT2D eigenvalue weighted by Crippen LogP contribution is -2.35. The van der Waals surface area contributed by atoms with Gasteiger partial charge in [-0.1, -0.05) is 30.7 Å². The minimum absolute atomic E-state index is 0.0139. The van der Waals surface area contributed by atoms with Crippen molar-refractivity contribution >= 4 is 17.3 Å². The molecule has 0 unspecified atom stereocenters. The van der Waals surface area contributed by atoms with Gasteiger partial charge in [-0.2, -0.15) is 5.10 Å². The van der Waals surface area contributed by atoms with Gasteiger partial charge in [-0.3, -0.25) is 4.68 Å². The van der Waals surface area contributed by atoms with Crippen LogP contribution in [0.4, 0.5) is 5.95 Å². The predicted octanol–water partition coefficient (Wildman–Crippen LogP) is 4.08. The third-order valence-electron chi connectivity index (χ3n) is 6.26. The quantitative estimate of drug-likeness (QED) is 0.461. The molecular weight excluding hydrogens is 418 g/mol. The van der Waals surface area contributed by atoms with Gasteiger partial charge in [0.2, 0.25) is 5.95 Å². The van der Waals surface area contributed by atoms with E-state index in [0.29, 0.717) is 5.95 Å². The maximum Gasteiger partial charge on any atom is 0.219 e. The summed E-state index contributed by atoms with van der Waals surface area (Å²) in [4.78, 5) is 16.4. The van der Waals surface area contributed by atoms with Gasteiger partial charge in [-0.15, -0.1) is 11.3 Å². The molecule has 164 valence electrons. The molecule has 0 radical (unpaired) electrons. The highest BCUT2D eigenvalue weighted by atomic mass is 32.1. The molecule has 4 aromatic rings. The summed E-state index contributed by atoms with van der Waals surface area (Å²) in [6, 6.07) is 8.75. The Hall–Kier alpha value is -3.10. The van der Waals surface area contributed by atoms with Crippen molar-refractivity contribution in [1.29, 1.82) is 0 Å². The molecule has 1 aromatic carbocycles. The Bertz CT molecular complexity index is 1190. The number of anilines is 1. The van der Waals surface area contributed by atoms with Crippen molar-refractivity contribution in [3.8, 4) is 21.6 Å². The van der Waals surface area contributed by atoms with Crippen molar-refractivity contribution in [2.24, 2.45) is 0 Å². The molecule has 3 heterocycles. The van der Waals surface area contributed by atoms with E-state index in [-0.39, 0.29) is 5.41 Å². The average Bonchev–Trinajstić information content (AvgIpc) is 3.43. The molecule has 1 saturated carbocycles. The molecule has 5 rings (SSSR count). The van der Waals surface area contributed by atoms with Crippen LogP contribution >= 0.6 is 11.3 Å². The second-order valence-electron chi connectivity index (χ2n) is 8.67. The van der Waals surface area contributed by atoms with E-state index in [1.807, 2.05) is 17.1 Å². The van der Waals surface area contributed by atoms with Gasteiger partial charge < -0.3 is 10.6 Å². The van der Waals surface area contributed by atoms with Crippen molar-refractivity contribution in [2.45, 2.75) is 31.2 Å². The highest BCUT2D eigenvalue weighted by Crippen LogP contribution is 2.51. The number of nitrogen functional groups attached to an aromatic ring is 1. The zero-order valence-corrected chi connectivity index (χ0v) is 19.2. The molecule has 0 amide bonds. The second kappa shape index (κ2) is 8.44. The van der Waals surface area contributed by atoms with Crippen molar-refractivity contribution in [2.75, 3.05) is 26.4 Å². The zero-order chi connectivity index (χ0) is 22.1. The summed E-state index contributed by atoms with van der Waals surface area (Å²) in [5.74, 6) is 0.293. The largest absolute Gasteiger partial charge is 0.368 e. The lowest BCUT2D eigenvalue weighted by atomic mass is 9.65. The first-order valence-corrected chi connectivity index (χ1v) is 11.7. The van der Waals surface area contributed by atoms with Crippen molar-refractivity contribution in [3.05, 3.63) is 65.8 Å². The molecule has 1 aliphatic carbocycles. The summed E-state index contributed by atoms with van der Waals surface area (Å²) < 4.78 is 2.01. The van der Waals surface area contributed by atoms with E-state index in [9.17, 15) is 0 Å². The summed E-state index contributed by atoms with van der Waals surface area (Å²) >= 11 is 1.79. The molecule has 3 aromatic heterocycles. The molecule has 8 heteroatoms. The molecule has 2 N–H and O–H groups in total. The number of rotatable bonds is 7. The lowest BCUT2D eigenvalue weighted by Gasteiger charge is -2.40. The predicted molar refractivity (Wildman–Crippen MR) is 128 cm³/mol. The Morgan fingerprint density at radius 2 is 1.72 bits per heavy atom. The van der Waals surface area contributed by atoms with E-state index in [1.165, 1.54) is 21.9 Å². The molecule has 0 spiro atoms. The number of thiazole rings is 1. The first-order valence-electron chi connectivity index (χ1n) is 10.9. The maximum atomic E-state index is 5.61. The molecule has 0 saturated heterocycles. The Kier molecular flexibility index (Phi) is 5.48. The second-order valence-corrected chi connectivity index (χ2v) is 9.70. The number of likely N-dealkylation sites (N-methyl/N-ethyl adjacent to an activating group) is 1. The Labute approximate surface area is 192 Å². The van der Waals surface area contributed by atoms with Crippen LogP contribution in [0.2, 0.25) is 0 Å². The van der Waals surface area contributed by atoms with Crippen molar-refractivity contribution in [3.63, 3.8) is 0 Å². The van der Waals surface area contributed by atoms with Crippen LogP contribution in [0.1, 0.15) is 29.8 Å². The van der Waals surface area contributed by atoms with E-state index < -0.39 is 0 Å². The number of hydrogen-bond acceptors (Lipinski definition) is 7. The average molecular weight is 446 g/mol. The zero-order valence-electron chi connectivity index (χ0n) is 18.4. The van der Waals surface area contributed by atoms with Gasteiger partial charge in [0.25, 0.3) is 0 Å². The third-order valence-corrected chi connectivity index (χ3v) is 7.51. The van der Waals surface area contributed by atoms with Crippen LogP contribution in [-0.2, 0) is 12.0 Å². The lowest BCUT2D eigenvalue weighted by molar-refractivity contribution is 0.300. The summed E-state index contributed by atoms with van der Waals surface area (Å²) in [7, 11) is 4.15. The van der Waals surface area contributed by atoms with Gasteiger partial charge in [0.1, 0.15) is 5.01 Å². The van der Waals surface area contributed by atoms with Crippen molar-refractivity contribution < 1.29 is 0 Å². The maximum absolute atomic E-state index is 5.61. The van der Waals surface area contributed by atoms with E-state index in [0.717, 1.165) is 42.6 Å². The smallest absolute Gasteiger partial charge is 0.219 e. The minimum atomic E-state index is 0.0139. The molecular formula is C24H27N7S. The van der Waals surface area contributed by atoms with Gasteiger partial charge in [-0.05, 0) is 38.1 Å². The molecule has 32 heavy (non-hydrogen) atoms. The standard InChI is InChI=1S/C24H27N7S/c1-30(2)10-11-31-16-19(14-29-31)21-15-26-22(32-21)24(8-3-9-24)20-6-4-17(5-7-20)18-12-27-23(25)28-13-18/h4-7,12-16H,3,8-11H2,1-2H3,(H2,25,27,28). The highest BCUT2D eigenvalue weighted by molar-refractivity contribution is 7.15. The van der Waals surface area contributed by atoms with Crippen LogP contribution in [0, 0.1) is 0 Å². The molecule has 7 nitrogen and oxygen atoms in total. The van der Waals surface area contributed by atoms with Crippen LogP contribution in [0.3, 0.4) is 0 Å². The molecule has 0 bridgehead atoms. The molecule has 0 aliphatic heterocycles. The van der Waals surface area contributed by atoms with Crippen LogP contribution in [0.15, 0.2) is 55.2 Å². The first-order chi connectivity index (χ1) is 15.5. The van der Waals surface area contributed by atoms with Crippen LogP contribution in [-0.4, -0.2) is 50.3 Å². The Morgan fingerprint density at radius 1 is 0.969 bits per heavy atom. The summed E-state index contributed by atoms with van der Waals surface area (Å²) in [5, 5.41) is 5.72. The molecule has 1 aliphatic rings. The van der Waals surface area contributed by atoms with Crippen LogP contribution in [0.25, 0.3) is 21.6 Å². The SMILES string of the molecule is CN(C)CCn1cc(-c2cnc(C3(c4ccc(-c5cnc(N)nc5)cc4)CCC3)s2)cn1. The van der Waals surface area contributed by atoms with Gasteiger partial charge in [-0.25, -0.2) is 15.0 Å².